The van der Waals surface area contributed by atoms with E-state index in [1.807, 2.05) is 28.3 Å². The van der Waals surface area contributed by atoms with Crippen LogP contribution < -0.4 is 0 Å². The van der Waals surface area contributed by atoms with Crippen LogP contribution in [0, 0.1) is 5.82 Å². The molecular formula is C17H14ClFN2OS2. The van der Waals surface area contributed by atoms with E-state index >= 15 is 0 Å². The molecule has 2 atom stereocenters. The Bertz CT molecular complexity index is 837. The van der Waals surface area contributed by atoms with Crippen LogP contribution in [0.25, 0.3) is 0 Å². The van der Waals surface area contributed by atoms with Gasteiger partial charge in [0.1, 0.15) is 5.82 Å². The molecular weight excluding hydrogens is 367 g/mol. The molecule has 0 saturated heterocycles. The fraction of sp³-hybridized carbons (Fsp3) is 0.235. The van der Waals surface area contributed by atoms with Gasteiger partial charge in [-0.2, -0.15) is 0 Å². The summed E-state index contributed by atoms with van der Waals surface area (Å²) in [6.45, 7) is 1.17. The fourth-order valence-electron chi connectivity index (χ4n) is 2.81. The van der Waals surface area contributed by atoms with E-state index in [4.69, 9.17) is 16.3 Å². The second kappa shape index (κ2) is 6.88. The lowest BCUT2D eigenvalue weighted by atomic mass is 10.1. The number of ether oxygens (including phenoxy) is 1. The Hall–Kier alpha value is -1.34. The molecule has 7 heteroatoms. The topological polar surface area (TPSA) is 27.1 Å². The molecule has 4 rings (SSSR count). The number of halogens is 2. The Kier molecular flexibility index (Phi) is 4.63. The number of imidazole rings is 1. The predicted octanol–water partition coefficient (Wildman–Crippen LogP) is 5.17. The van der Waals surface area contributed by atoms with Gasteiger partial charge in [-0.1, -0.05) is 11.6 Å². The third kappa shape index (κ3) is 3.24. The van der Waals surface area contributed by atoms with E-state index in [2.05, 4.69) is 4.98 Å². The van der Waals surface area contributed by atoms with Crippen molar-refractivity contribution in [2.24, 2.45) is 0 Å². The van der Waals surface area contributed by atoms with Crippen molar-refractivity contribution < 1.29 is 9.13 Å². The Morgan fingerprint density at radius 1 is 1.33 bits per heavy atom. The van der Waals surface area contributed by atoms with Gasteiger partial charge < -0.3 is 9.30 Å². The summed E-state index contributed by atoms with van der Waals surface area (Å²) in [7, 11) is 0. The van der Waals surface area contributed by atoms with E-state index in [1.165, 1.54) is 17.4 Å². The molecule has 0 spiro atoms. The van der Waals surface area contributed by atoms with Crippen molar-refractivity contribution in [1.82, 2.24) is 9.55 Å². The molecule has 0 N–H and O–H groups in total. The van der Waals surface area contributed by atoms with E-state index in [-0.39, 0.29) is 17.2 Å². The molecule has 1 aliphatic heterocycles. The Labute approximate surface area is 152 Å². The number of aromatic nitrogens is 2. The first-order chi connectivity index (χ1) is 11.7. The third-order valence-electron chi connectivity index (χ3n) is 3.96. The number of rotatable bonds is 5. The van der Waals surface area contributed by atoms with Crippen molar-refractivity contribution in [2.45, 2.75) is 29.4 Å². The maximum Gasteiger partial charge on any atom is 0.123 e. The van der Waals surface area contributed by atoms with Crippen molar-refractivity contribution in [3.05, 3.63) is 69.6 Å². The van der Waals surface area contributed by atoms with Crippen molar-refractivity contribution in [3.63, 3.8) is 0 Å². The maximum absolute atomic E-state index is 13.7. The molecule has 124 valence electrons. The van der Waals surface area contributed by atoms with Gasteiger partial charge in [0.25, 0.3) is 0 Å². The largest absolute Gasteiger partial charge is 0.367 e. The van der Waals surface area contributed by atoms with Gasteiger partial charge >= 0.3 is 0 Å². The summed E-state index contributed by atoms with van der Waals surface area (Å²) in [5.74, 6) is -0.236. The predicted molar refractivity (Wildman–Crippen MR) is 95.1 cm³/mol. The quantitative estimate of drug-likeness (QED) is 0.611. The monoisotopic (exact) mass is 380 g/mol. The summed E-state index contributed by atoms with van der Waals surface area (Å²) >= 11 is 9.37. The van der Waals surface area contributed by atoms with Crippen LogP contribution in [0.2, 0.25) is 4.34 Å². The highest BCUT2D eigenvalue weighted by molar-refractivity contribution is 8.00. The van der Waals surface area contributed by atoms with Gasteiger partial charge in [0.2, 0.25) is 0 Å². The van der Waals surface area contributed by atoms with Crippen LogP contribution in [-0.2, 0) is 17.9 Å². The average molecular weight is 381 g/mol. The highest BCUT2D eigenvalue weighted by atomic mass is 35.5. The number of hydrogen-bond donors (Lipinski definition) is 0. The van der Waals surface area contributed by atoms with Crippen LogP contribution in [0.4, 0.5) is 4.39 Å². The highest BCUT2D eigenvalue weighted by Crippen LogP contribution is 2.47. The van der Waals surface area contributed by atoms with Crippen molar-refractivity contribution in [2.75, 3.05) is 0 Å². The standard InChI is InChI=1S/C17H14ClFN2OS2/c18-17-11(3-6-23-17)9-22-16-13-7-12(19)1-2-14(13)24-15(16)8-21-5-4-20-10-21/h1-7,10,15-16H,8-9H2. The molecule has 0 amide bonds. The molecule has 3 aromatic rings. The second-order valence-corrected chi connectivity index (χ2v) is 8.35. The van der Waals surface area contributed by atoms with E-state index in [9.17, 15) is 4.39 Å². The second-order valence-electron chi connectivity index (χ2n) is 5.55. The molecule has 2 unspecified atom stereocenters. The normalized spacial score (nSPS) is 19.6. The summed E-state index contributed by atoms with van der Waals surface area (Å²) in [6.07, 6.45) is 5.29. The summed E-state index contributed by atoms with van der Waals surface area (Å²) in [5, 5.41) is 2.11. The van der Waals surface area contributed by atoms with Crippen molar-refractivity contribution in [1.29, 1.82) is 0 Å². The average Bonchev–Trinajstić information content (AvgIpc) is 3.27. The lowest BCUT2D eigenvalue weighted by Crippen LogP contribution is -2.19. The first kappa shape index (κ1) is 16.1. The molecule has 1 aromatic carbocycles. The zero-order chi connectivity index (χ0) is 16.5. The molecule has 0 aliphatic carbocycles. The minimum absolute atomic E-state index is 0.161. The van der Waals surface area contributed by atoms with Crippen LogP contribution >= 0.6 is 34.7 Å². The number of benzene rings is 1. The molecule has 0 fully saturated rings. The maximum atomic E-state index is 13.7. The van der Waals surface area contributed by atoms with Gasteiger partial charge in [0.05, 0.1) is 28.6 Å². The Morgan fingerprint density at radius 2 is 2.25 bits per heavy atom. The molecule has 24 heavy (non-hydrogen) atoms. The minimum Gasteiger partial charge on any atom is -0.367 e. The van der Waals surface area contributed by atoms with Gasteiger partial charge in [-0.3, -0.25) is 0 Å². The number of nitrogens with zero attached hydrogens (tertiary/aromatic N) is 2. The molecule has 0 radical (unpaired) electrons. The van der Waals surface area contributed by atoms with Gasteiger partial charge in [-0.25, -0.2) is 9.37 Å². The summed E-state index contributed by atoms with van der Waals surface area (Å²) < 4.78 is 22.7. The van der Waals surface area contributed by atoms with Crippen LogP contribution in [0.1, 0.15) is 17.2 Å². The zero-order valence-electron chi connectivity index (χ0n) is 12.6. The van der Waals surface area contributed by atoms with Crippen molar-refractivity contribution >= 4 is 34.7 Å². The number of thioether (sulfide) groups is 1. The number of hydrogen-bond acceptors (Lipinski definition) is 4. The third-order valence-corrected chi connectivity index (χ3v) is 6.53. The molecule has 1 aliphatic rings. The lowest BCUT2D eigenvalue weighted by Gasteiger charge is -2.20. The van der Waals surface area contributed by atoms with E-state index in [1.54, 1.807) is 30.4 Å². The van der Waals surface area contributed by atoms with Crippen LogP contribution in [0.5, 0.6) is 0 Å². The number of thiophene rings is 1. The first-order valence-corrected chi connectivity index (χ1v) is 9.60. The fourth-order valence-corrected chi connectivity index (χ4v) is 5.09. The van der Waals surface area contributed by atoms with Crippen LogP contribution in [0.15, 0.2) is 53.3 Å². The summed E-state index contributed by atoms with van der Waals surface area (Å²) in [5.41, 5.74) is 1.88. The van der Waals surface area contributed by atoms with Crippen LogP contribution in [0.3, 0.4) is 0 Å². The zero-order valence-corrected chi connectivity index (χ0v) is 15.0. The van der Waals surface area contributed by atoms with Gasteiger partial charge in [-0.05, 0) is 35.2 Å². The van der Waals surface area contributed by atoms with Crippen molar-refractivity contribution in [3.8, 4) is 0 Å². The minimum atomic E-state index is -0.236. The van der Waals surface area contributed by atoms with E-state index in [0.717, 1.165) is 26.9 Å². The smallest absolute Gasteiger partial charge is 0.123 e. The Morgan fingerprint density at radius 3 is 3.00 bits per heavy atom. The van der Waals surface area contributed by atoms with Gasteiger partial charge in [0, 0.05) is 29.4 Å². The van der Waals surface area contributed by atoms with Gasteiger partial charge in [-0.15, -0.1) is 23.1 Å². The van der Waals surface area contributed by atoms with E-state index < -0.39 is 0 Å². The summed E-state index contributed by atoms with van der Waals surface area (Å²) in [4.78, 5) is 5.16. The van der Waals surface area contributed by atoms with Crippen LogP contribution in [-0.4, -0.2) is 14.8 Å². The molecule has 3 heterocycles. The first-order valence-electron chi connectivity index (χ1n) is 7.46. The molecule has 3 nitrogen and oxygen atoms in total. The van der Waals surface area contributed by atoms with Gasteiger partial charge in [0.15, 0.2) is 0 Å². The molecule has 0 bridgehead atoms. The molecule has 0 saturated carbocycles. The number of fused-ring (bicyclic) bond motifs is 1. The SMILES string of the molecule is Fc1ccc2c(c1)C(OCc1ccsc1Cl)C(Cn1ccnc1)S2. The molecule has 2 aromatic heterocycles. The summed E-state index contributed by atoms with van der Waals surface area (Å²) in [6, 6.07) is 6.87. The lowest BCUT2D eigenvalue weighted by molar-refractivity contribution is 0.0367. The van der Waals surface area contributed by atoms with E-state index in [0.29, 0.717) is 6.61 Å². The Balaban J connectivity index is 1.58. The highest BCUT2D eigenvalue weighted by Gasteiger charge is 2.35.